The molecule has 1 saturated heterocycles. The maximum atomic E-state index is 12.5. The predicted molar refractivity (Wildman–Crippen MR) is 80.3 cm³/mol. The number of nitrogens with zero attached hydrogens (tertiary/aromatic N) is 2. The van der Waals surface area contributed by atoms with Crippen LogP contribution in [0.15, 0.2) is 0 Å². The quantitative estimate of drug-likeness (QED) is 0.574. The third-order valence-corrected chi connectivity index (χ3v) is 6.94. The molecule has 20 heavy (non-hydrogen) atoms. The number of nitrogens with two attached hydrogens (primary N) is 1. The van der Waals surface area contributed by atoms with Gasteiger partial charge in [0.05, 0.1) is 11.3 Å². The van der Waals surface area contributed by atoms with E-state index in [0.29, 0.717) is 26.2 Å². The van der Waals surface area contributed by atoms with Gasteiger partial charge in [-0.1, -0.05) is 19.8 Å². The summed E-state index contributed by atoms with van der Waals surface area (Å²) in [4.78, 5) is 2.13. The molecule has 0 bridgehead atoms. The van der Waals surface area contributed by atoms with Gasteiger partial charge in [0.1, 0.15) is 5.84 Å². The molecule has 0 aromatic carbocycles. The molecule has 0 aromatic rings. The van der Waals surface area contributed by atoms with Gasteiger partial charge in [-0.2, -0.15) is 4.31 Å². The van der Waals surface area contributed by atoms with Crippen LogP contribution in [0.1, 0.15) is 39.0 Å². The second-order valence-electron chi connectivity index (χ2n) is 5.77. The molecule has 2 rings (SSSR count). The largest absolute Gasteiger partial charge is 0.386 e. The average molecular weight is 302 g/mol. The van der Waals surface area contributed by atoms with Gasteiger partial charge in [0, 0.05) is 26.2 Å². The summed E-state index contributed by atoms with van der Waals surface area (Å²) in [5.41, 5.74) is 5.61. The zero-order valence-corrected chi connectivity index (χ0v) is 13.0. The second-order valence-corrected chi connectivity index (χ2v) is 7.98. The van der Waals surface area contributed by atoms with Crippen molar-refractivity contribution < 1.29 is 8.42 Å². The van der Waals surface area contributed by atoms with Gasteiger partial charge in [0.15, 0.2) is 0 Å². The fourth-order valence-electron chi connectivity index (χ4n) is 3.34. The molecule has 1 aliphatic carbocycles. The molecular formula is C13H26N4O2S. The number of sulfonamides is 1. The van der Waals surface area contributed by atoms with E-state index < -0.39 is 10.0 Å². The Hall–Kier alpha value is -0.660. The maximum absolute atomic E-state index is 12.5. The Morgan fingerprint density at radius 2 is 1.80 bits per heavy atom. The first-order chi connectivity index (χ1) is 9.46. The molecule has 2 fully saturated rings. The minimum Gasteiger partial charge on any atom is -0.386 e. The highest BCUT2D eigenvalue weighted by Crippen LogP contribution is 2.27. The van der Waals surface area contributed by atoms with E-state index in [-0.39, 0.29) is 17.1 Å². The van der Waals surface area contributed by atoms with Crippen LogP contribution in [-0.4, -0.2) is 60.9 Å². The number of rotatable bonds is 5. The van der Waals surface area contributed by atoms with Crippen molar-refractivity contribution in [1.82, 2.24) is 9.21 Å². The van der Waals surface area contributed by atoms with Crippen LogP contribution in [0.4, 0.5) is 0 Å². The van der Waals surface area contributed by atoms with Crippen molar-refractivity contribution in [3.8, 4) is 0 Å². The lowest BCUT2D eigenvalue weighted by Crippen LogP contribution is -2.55. The summed E-state index contributed by atoms with van der Waals surface area (Å²) < 4.78 is 26.7. The van der Waals surface area contributed by atoms with E-state index in [1.165, 1.54) is 0 Å². The molecule has 1 unspecified atom stereocenters. The molecule has 7 heteroatoms. The zero-order valence-electron chi connectivity index (χ0n) is 12.2. The van der Waals surface area contributed by atoms with Crippen LogP contribution in [0.2, 0.25) is 0 Å². The van der Waals surface area contributed by atoms with Crippen molar-refractivity contribution in [2.75, 3.05) is 26.2 Å². The summed E-state index contributed by atoms with van der Waals surface area (Å²) in [6.07, 6.45) is 4.49. The van der Waals surface area contributed by atoms with Crippen molar-refractivity contribution in [2.45, 2.75) is 50.3 Å². The molecule has 1 heterocycles. The minimum absolute atomic E-state index is 0.0497. The van der Waals surface area contributed by atoms with Gasteiger partial charge in [0.25, 0.3) is 0 Å². The molecule has 0 spiro atoms. The van der Waals surface area contributed by atoms with Crippen molar-refractivity contribution in [1.29, 1.82) is 5.41 Å². The molecule has 6 nitrogen and oxygen atoms in total. The lowest BCUT2D eigenvalue weighted by atomic mass is 10.1. The van der Waals surface area contributed by atoms with Gasteiger partial charge in [-0.25, -0.2) is 8.42 Å². The predicted octanol–water partition coefficient (Wildman–Crippen LogP) is 0.591. The summed E-state index contributed by atoms with van der Waals surface area (Å²) in [7, 11) is -3.12. The summed E-state index contributed by atoms with van der Waals surface area (Å²) >= 11 is 0. The lowest BCUT2D eigenvalue weighted by Gasteiger charge is -2.38. The molecular weight excluding hydrogens is 276 g/mol. The van der Waals surface area contributed by atoms with E-state index in [1.54, 1.807) is 4.31 Å². The summed E-state index contributed by atoms with van der Waals surface area (Å²) in [5, 5.41) is 7.44. The van der Waals surface area contributed by atoms with E-state index in [2.05, 4.69) is 4.90 Å². The van der Waals surface area contributed by atoms with Gasteiger partial charge in [0.2, 0.25) is 10.0 Å². The van der Waals surface area contributed by atoms with E-state index >= 15 is 0 Å². The molecule has 116 valence electrons. The topological polar surface area (TPSA) is 90.5 Å². The Balaban J connectivity index is 1.95. The summed E-state index contributed by atoms with van der Waals surface area (Å²) in [6.45, 7) is 4.41. The lowest BCUT2D eigenvalue weighted by molar-refractivity contribution is 0.163. The SMILES string of the molecule is CCC(C(=N)N)N1CCN(S(=O)(=O)C2CCCC2)CC1. The smallest absolute Gasteiger partial charge is 0.217 e. The first kappa shape index (κ1) is 15.7. The normalized spacial score (nSPS) is 24.9. The molecule has 1 aliphatic heterocycles. The molecule has 1 atom stereocenters. The van der Waals surface area contributed by atoms with Gasteiger partial charge in [-0.15, -0.1) is 0 Å². The second kappa shape index (κ2) is 6.41. The van der Waals surface area contributed by atoms with Gasteiger partial charge in [-0.3, -0.25) is 10.3 Å². The van der Waals surface area contributed by atoms with Crippen LogP contribution in [-0.2, 0) is 10.0 Å². The number of piperazine rings is 1. The number of amidine groups is 1. The molecule has 2 aliphatic rings. The average Bonchev–Trinajstić information content (AvgIpc) is 2.94. The van der Waals surface area contributed by atoms with Crippen LogP contribution in [0, 0.1) is 5.41 Å². The first-order valence-electron chi connectivity index (χ1n) is 7.53. The van der Waals surface area contributed by atoms with E-state index in [0.717, 1.165) is 32.1 Å². The van der Waals surface area contributed by atoms with Crippen LogP contribution >= 0.6 is 0 Å². The molecule has 0 amide bonds. The molecule has 1 saturated carbocycles. The fraction of sp³-hybridized carbons (Fsp3) is 0.923. The Labute approximate surface area is 121 Å². The van der Waals surface area contributed by atoms with Crippen molar-refractivity contribution in [2.24, 2.45) is 5.73 Å². The summed E-state index contributed by atoms with van der Waals surface area (Å²) in [6, 6.07) is -0.0497. The number of hydrogen-bond acceptors (Lipinski definition) is 4. The van der Waals surface area contributed by atoms with Gasteiger partial charge in [-0.05, 0) is 19.3 Å². The van der Waals surface area contributed by atoms with Gasteiger partial charge < -0.3 is 5.73 Å². The van der Waals surface area contributed by atoms with E-state index in [4.69, 9.17) is 11.1 Å². The molecule has 0 radical (unpaired) electrons. The number of nitrogens with one attached hydrogen (secondary N) is 1. The highest BCUT2D eigenvalue weighted by Gasteiger charge is 2.36. The number of hydrogen-bond donors (Lipinski definition) is 2. The van der Waals surface area contributed by atoms with Crippen LogP contribution < -0.4 is 5.73 Å². The highest BCUT2D eigenvalue weighted by atomic mass is 32.2. The standard InChI is InChI=1S/C13H26N4O2S/c1-2-12(13(14)15)16-7-9-17(10-8-16)20(18,19)11-5-3-4-6-11/h11-12H,2-10H2,1H3,(H3,14,15). The third-order valence-electron chi connectivity index (χ3n) is 4.54. The molecule has 3 N–H and O–H groups in total. The van der Waals surface area contributed by atoms with Crippen LogP contribution in [0.3, 0.4) is 0 Å². The monoisotopic (exact) mass is 302 g/mol. The zero-order chi connectivity index (χ0) is 14.8. The first-order valence-corrected chi connectivity index (χ1v) is 9.04. The molecule has 0 aromatic heterocycles. The Morgan fingerprint density at radius 1 is 1.25 bits per heavy atom. The maximum Gasteiger partial charge on any atom is 0.217 e. The van der Waals surface area contributed by atoms with Crippen molar-refractivity contribution >= 4 is 15.9 Å². The van der Waals surface area contributed by atoms with Crippen LogP contribution in [0.25, 0.3) is 0 Å². The van der Waals surface area contributed by atoms with E-state index in [1.807, 2.05) is 6.92 Å². The third kappa shape index (κ3) is 3.15. The van der Waals surface area contributed by atoms with Gasteiger partial charge >= 0.3 is 0 Å². The van der Waals surface area contributed by atoms with Crippen LogP contribution in [0.5, 0.6) is 0 Å². The van der Waals surface area contributed by atoms with Crippen molar-refractivity contribution in [3.05, 3.63) is 0 Å². The Morgan fingerprint density at radius 3 is 2.25 bits per heavy atom. The highest BCUT2D eigenvalue weighted by molar-refractivity contribution is 7.89. The van der Waals surface area contributed by atoms with Crippen molar-refractivity contribution in [3.63, 3.8) is 0 Å². The minimum atomic E-state index is -3.12. The summed E-state index contributed by atoms with van der Waals surface area (Å²) in [5.74, 6) is 0.180. The van der Waals surface area contributed by atoms with E-state index in [9.17, 15) is 8.42 Å². The Kier molecular flexibility index (Phi) is 5.04. The fourth-order valence-corrected chi connectivity index (χ4v) is 5.36. The Bertz CT molecular complexity index is 437.